The first-order chi connectivity index (χ1) is 28.9. The summed E-state index contributed by atoms with van der Waals surface area (Å²) in [4.78, 5) is 57.7. The number of carbonyl (C=O) groups is 4. The molecule has 15 nitrogen and oxygen atoms in total. The number of ether oxygens (including phenoxy) is 1. The maximum absolute atomic E-state index is 14.9. The second kappa shape index (κ2) is 18.4. The number of aryl methyl sites for hydroxylation is 1. The van der Waals surface area contributed by atoms with Crippen LogP contribution < -0.4 is 25.8 Å². The van der Waals surface area contributed by atoms with Gasteiger partial charge in [0.1, 0.15) is 5.97 Å². The van der Waals surface area contributed by atoms with Gasteiger partial charge in [0.25, 0.3) is 5.91 Å². The SMILES string of the molecule is CCc1cc(Nc2nccn3c(-c4ccc(OC)c(F)c4F)cnc23)ccc1C(=O)NCC1CC(N(C(=O)O)C(=O)C2CC[N+](C)(CC3CNC3)CC2)C1.O=C([O-])C(F)(F)F. The number of halogens is 5. The molecule has 4 aromatic rings. The average molecular weight is 859 g/mol. The van der Waals surface area contributed by atoms with Gasteiger partial charge in [-0.2, -0.15) is 17.6 Å². The molecule has 3 amide bonds. The lowest BCUT2D eigenvalue weighted by molar-refractivity contribution is -0.918. The Morgan fingerprint density at radius 2 is 1.74 bits per heavy atom. The number of imidazole rings is 1. The molecule has 2 aromatic heterocycles. The molecule has 3 fully saturated rings. The molecule has 0 atom stereocenters. The van der Waals surface area contributed by atoms with Gasteiger partial charge >= 0.3 is 12.3 Å². The molecule has 1 saturated carbocycles. The number of imide groups is 1. The number of carboxylic acid groups (broad SMARTS) is 2. The molecule has 0 bridgehead atoms. The van der Waals surface area contributed by atoms with Crippen molar-refractivity contribution in [1.29, 1.82) is 0 Å². The molecule has 0 radical (unpaired) electrons. The van der Waals surface area contributed by atoms with Gasteiger partial charge in [0, 0.05) is 79.6 Å². The summed E-state index contributed by atoms with van der Waals surface area (Å²) in [6.07, 6.45) is 1.19. The number of aliphatic carboxylic acids is 1. The number of nitrogens with zero attached hydrogens (tertiary/aromatic N) is 5. The van der Waals surface area contributed by atoms with Gasteiger partial charge in [-0.25, -0.2) is 24.1 Å². The maximum atomic E-state index is 14.9. The van der Waals surface area contributed by atoms with E-state index >= 15 is 0 Å². The fourth-order valence-corrected chi connectivity index (χ4v) is 8.18. The first kappa shape index (κ1) is 44.7. The molecule has 2 aliphatic heterocycles. The van der Waals surface area contributed by atoms with E-state index in [9.17, 15) is 41.4 Å². The Kier molecular flexibility index (Phi) is 13.5. The first-order valence-corrected chi connectivity index (χ1v) is 19.8. The normalized spacial score (nSPS) is 21.3. The molecule has 0 unspecified atom stereocenters. The van der Waals surface area contributed by atoms with Gasteiger partial charge in [0.05, 0.1) is 45.7 Å². The van der Waals surface area contributed by atoms with Crippen molar-refractivity contribution in [2.24, 2.45) is 17.8 Å². The van der Waals surface area contributed by atoms with E-state index in [1.54, 1.807) is 22.7 Å². The number of anilines is 2. The number of methoxy groups -OCH3 is 1. The number of likely N-dealkylation sites (tertiary alicyclic amines) is 1. The summed E-state index contributed by atoms with van der Waals surface area (Å²) in [5.41, 5.74) is 2.72. The summed E-state index contributed by atoms with van der Waals surface area (Å²) >= 11 is 0. The van der Waals surface area contributed by atoms with E-state index in [1.807, 2.05) is 13.0 Å². The Morgan fingerprint density at radius 3 is 2.33 bits per heavy atom. The summed E-state index contributed by atoms with van der Waals surface area (Å²) in [7, 11) is 3.51. The summed E-state index contributed by atoms with van der Waals surface area (Å²) in [6, 6.07) is 7.76. The lowest BCUT2D eigenvalue weighted by atomic mass is 9.78. The molecule has 328 valence electrons. The van der Waals surface area contributed by atoms with E-state index in [2.05, 4.69) is 33.0 Å². The number of rotatable bonds is 12. The maximum Gasteiger partial charge on any atom is 0.430 e. The predicted octanol–water partition coefficient (Wildman–Crippen LogP) is 4.38. The Labute approximate surface area is 347 Å². The van der Waals surface area contributed by atoms with Gasteiger partial charge in [-0.15, -0.1) is 0 Å². The quantitative estimate of drug-likeness (QED) is 0.117. The number of alkyl halides is 3. The van der Waals surface area contributed by atoms with Gasteiger partial charge in [-0.1, -0.05) is 6.92 Å². The fourth-order valence-electron chi connectivity index (χ4n) is 8.18. The van der Waals surface area contributed by atoms with Gasteiger partial charge in [0.15, 0.2) is 23.0 Å². The van der Waals surface area contributed by atoms with E-state index in [4.69, 9.17) is 14.6 Å². The zero-order valence-electron chi connectivity index (χ0n) is 33.7. The van der Waals surface area contributed by atoms with Crippen molar-refractivity contribution >= 4 is 41.0 Å². The molecule has 0 spiro atoms. The second-order valence-electron chi connectivity index (χ2n) is 15.9. The van der Waals surface area contributed by atoms with E-state index in [0.717, 1.165) is 47.7 Å². The average Bonchev–Trinajstić information content (AvgIpc) is 3.62. The minimum absolute atomic E-state index is 0.0192. The number of carboxylic acids is 1. The molecule has 4 N–H and O–H groups in total. The number of aromatic nitrogens is 3. The fraction of sp³-hybridized carbons (Fsp3) is 0.463. The highest BCUT2D eigenvalue weighted by molar-refractivity contribution is 5.96. The summed E-state index contributed by atoms with van der Waals surface area (Å²) < 4.78 is 68.4. The molecule has 7 rings (SSSR count). The van der Waals surface area contributed by atoms with Crippen molar-refractivity contribution in [3.05, 3.63) is 71.7 Å². The molecule has 2 aromatic carbocycles. The highest BCUT2D eigenvalue weighted by Gasteiger charge is 2.44. The second-order valence-corrected chi connectivity index (χ2v) is 15.9. The van der Waals surface area contributed by atoms with Crippen LogP contribution in [0.5, 0.6) is 5.75 Å². The number of amides is 3. The van der Waals surface area contributed by atoms with Crippen LogP contribution in [0.15, 0.2) is 48.9 Å². The third kappa shape index (κ3) is 10.0. The lowest BCUT2D eigenvalue weighted by Gasteiger charge is -2.46. The van der Waals surface area contributed by atoms with Gasteiger partial charge < -0.3 is 40.2 Å². The molecule has 20 heteroatoms. The van der Waals surface area contributed by atoms with Crippen LogP contribution in [0.4, 0.5) is 38.3 Å². The first-order valence-electron chi connectivity index (χ1n) is 19.8. The highest BCUT2D eigenvalue weighted by Crippen LogP contribution is 2.35. The van der Waals surface area contributed by atoms with Gasteiger partial charge in [-0.05, 0) is 61.1 Å². The van der Waals surface area contributed by atoms with Crippen molar-refractivity contribution in [1.82, 2.24) is 29.9 Å². The Balaban J connectivity index is 0.000000819. The van der Waals surface area contributed by atoms with Crippen molar-refractivity contribution in [2.75, 3.05) is 58.7 Å². The Hall–Kier alpha value is -5.89. The third-order valence-corrected chi connectivity index (χ3v) is 11.7. The van der Waals surface area contributed by atoms with Crippen LogP contribution in [-0.4, -0.2) is 118 Å². The topological polar surface area (TPSA) is 190 Å². The number of hydrogen-bond donors (Lipinski definition) is 4. The smallest absolute Gasteiger partial charge is 0.430 e. The third-order valence-electron chi connectivity index (χ3n) is 11.7. The largest absolute Gasteiger partial charge is 0.542 e. The minimum Gasteiger partial charge on any atom is -0.542 e. The van der Waals surface area contributed by atoms with E-state index in [1.165, 1.54) is 31.6 Å². The predicted molar refractivity (Wildman–Crippen MR) is 209 cm³/mol. The van der Waals surface area contributed by atoms with E-state index in [-0.39, 0.29) is 41.0 Å². The summed E-state index contributed by atoms with van der Waals surface area (Å²) in [5.74, 6) is -5.00. The standard InChI is InChI=1S/C39H46F2N8O5.C2HF3O2/c1-4-25-17-27(46-35-36-44-21-31(47(36)12-11-43-35)30-7-8-32(54-3)34(41)33(30)40)5-6-29(25)37(50)45-20-23-15-28(16-23)48(39(52)53)38(51)26-9-13-49(2,14-10-26)22-24-18-42-19-24;3-2(4,5)1(6)7/h5-8,11-12,17,21,23-24,26,28,42H,4,9-10,13-16,18-20,22H2,1-3H3,(H2-,43,45,46,50,52,53);(H,6,7). The van der Waals surface area contributed by atoms with E-state index < -0.39 is 29.9 Å². The van der Waals surface area contributed by atoms with Crippen LogP contribution >= 0.6 is 0 Å². The Bertz CT molecular complexity index is 2270. The highest BCUT2D eigenvalue weighted by atomic mass is 19.4. The molecule has 61 heavy (non-hydrogen) atoms. The van der Waals surface area contributed by atoms with Crippen molar-refractivity contribution < 1.29 is 60.6 Å². The lowest BCUT2D eigenvalue weighted by Crippen LogP contribution is -2.60. The van der Waals surface area contributed by atoms with Crippen molar-refractivity contribution in [3.8, 4) is 17.0 Å². The van der Waals surface area contributed by atoms with Crippen molar-refractivity contribution in [2.45, 2.75) is 51.2 Å². The number of fused-ring (bicyclic) bond motifs is 1. The van der Waals surface area contributed by atoms with Crippen LogP contribution in [0.25, 0.3) is 16.9 Å². The number of piperidine rings is 1. The molecule has 4 heterocycles. The molecule has 1 aliphatic carbocycles. The van der Waals surface area contributed by atoms with Crippen LogP contribution in [0, 0.1) is 29.4 Å². The zero-order chi connectivity index (χ0) is 44.2. The molecular formula is C41H47F5N8O7. The molecule has 3 aliphatic rings. The number of quaternary nitrogens is 1. The number of hydrogen-bond acceptors (Lipinski definition) is 10. The molecule has 2 saturated heterocycles. The van der Waals surface area contributed by atoms with E-state index in [0.29, 0.717) is 73.0 Å². The van der Waals surface area contributed by atoms with Crippen LogP contribution in [-0.2, 0) is 16.0 Å². The number of nitrogens with one attached hydrogen (secondary N) is 3. The molecular weight excluding hydrogens is 811 g/mol. The number of carbonyl (C=O) groups excluding carboxylic acids is 3. The van der Waals surface area contributed by atoms with Crippen LogP contribution in [0.2, 0.25) is 0 Å². The van der Waals surface area contributed by atoms with Crippen LogP contribution in [0.3, 0.4) is 0 Å². The summed E-state index contributed by atoms with van der Waals surface area (Å²) in [6.45, 7) is 7.27. The minimum atomic E-state index is -5.19. The summed E-state index contributed by atoms with van der Waals surface area (Å²) in [5, 5.41) is 28.4. The Morgan fingerprint density at radius 1 is 1.05 bits per heavy atom. The number of benzene rings is 2. The van der Waals surface area contributed by atoms with Gasteiger partial charge in [-0.3, -0.25) is 14.0 Å². The monoisotopic (exact) mass is 858 g/mol. The van der Waals surface area contributed by atoms with Crippen molar-refractivity contribution in [3.63, 3.8) is 0 Å². The van der Waals surface area contributed by atoms with Gasteiger partial charge in [0.2, 0.25) is 11.7 Å². The zero-order valence-corrected chi connectivity index (χ0v) is 33.7. The van der Waals surface area contributed by atoms with Crippen LogP contribution in [0.1, 0.15) is 48.5 Å².